The molecular weight excluding hydrogens is 254 g/mol. The van der Waals surface area contributed by atoms with Gasteiger partial charge in [0.1, 0.15) is 6.07 Å². The van der Waals surface area contributed by atoms with E-state index in [9.17, 15) is 0 Å². The Balaban J connectivity index is 2.47. The molecule has 0 radical (unpaired) electrons. The van der Waals surface area contributed by atoms with Gasteiger partial charge in [-0.05, 0) is 6.07 Å². The van der Waals surface area contributed by atoms with Crippen LogP contribution < -0.4 is 0 Å². The van der Waals surface area contributed by atoms with E-state index < -0.39 is 0 Å². The molecule has 0 amide bonds. The van der Waals surface area contributed by atoms with Crippen molar-refractivity contribution in [2.45, 2.75) is 0 Å². The van der Waals surface area contributed by atoms with Crippen molar-refractivity contribution in [2.75, 3.05) is 0 Å². The van der Waals surface area contributed by atoms with Crippen molar-refractivity contribution in [3.8, 4) is 17.5 Å². The van der Waals surface area contributed by atoms with Gasteiger partial charge in [0.15, 0.2) is 5.82 Å². The molecule has 0 unspecified atom stereocenters. The van der Waals surface area contributed by atoms with E-state index in [4.69, 9.17) is 5.26 Å². The van der Waals surface area contributed by atoms with Crippen molar-refractivity contribution in [3.05, 3.63) is 46.7 Å². The number of nitriles is 1. The highest BCUT2D eigenvalue weighted by Gasteiger charge is 2.04. The van der Waals surface area contributed by atoms with Crippen molar-refractivity contribution in [1.29, 1.82) is 5.26 Å². The fourth-order valence-corrected chi connectivity index (χ4v) is 1.63. The maximum atomic E-state index is 8.61. The Bertz CT molecular complexity index is 514. The molecule has 1 aromatic heterocycles. The Labute approximate surface area is 95.6 Å². The number of hydrogen-bond donors (Lipinski definition) is 0. The summed E-state index contributed by atoms with van der Waals surface area (Å²) in [5, 5.41) is 8.61. The standard InChI is InChI=1S/C11H6BrN3/c12-10-4-2-1-3-9(10)11-14-6-8(5-13)7-15-11/h1-4,6-7H. The molecule has 2 aromatic rings. The predicted octanol–water partition coefficient (Wildman–Crippen LogP) is 2.78. The molecule has 0 saturated heterocycles. The molecule has 0 aliphatic carbocycles. The predicted molar refractivity (Wildman–Crippen MR) is 59.9 cm³/mol. The molecule has 72 valence electrons. The van der Waals surface area contributed by atoms with E-state index in [1.807, 2.05) is 30.3 Å². The van der Waals surface area contributed by atoms with E-state index in [1.165, 1.54) is 12.4 Å². The summed E-state index contributed by atoms with van der Waals surface area (Å²) >= 11 is 3.42. The van der Waals surface area contributed by atoms with Gasteiger partial charge in [0, 0.05) is 22.4 Å². The zero-order valence-electron chi connectivity index (χ0n) is 7.68. The number of halogens is 1. The van der Waals surface area contributed by atoms with Crippen LogP contribution in [0.1, 0.15) is 5.56 Å². The van der Waals surface area contributed by atoms with Gasteiger partial charge < -0.3 is 0 Å². The van der Waals surface area contributed by atoms with E-state index in [0.29, 0.717) is 11.4 Å². The summed E-state index contributed by atoms with van der Waals surface area (Å²) in [5.74, 6) is 0.612. The number of nitrogens with zero attached hydrogens (tertiary/aromatic N) is 3. The Morgan fingerprint density at radius 2 is 1.80 bits per heavy atom. The first-order valence-corrected chi connectivity index (χ1v) is 5.07. The first-order valence-electron chi connectivity index (χ1n) is 4.28. The second kappa shape index (κ2) is 4.20. The largest absolute Gasteiger partial charge is 0.235 e. The molecular formula is C11H6BrN3. The van der Waals surface area contributed by atoms with Gasteiger partial charge in [-0.25, -0.2) is 9.97 Å². The lowest BCUT2D eigenvalue weighted by Gasteiger charge is -2.01. The fourth-order valence-electron chi connectivity index (χ4n) is 1.17. The van der Waals surface area contributed by atoms with Gasteiger partial charge in [-0.15, -0.1) is 0 Å². The maximum Gasteiger partial charge on any atom is 0.160 e. The van der Waals surface area contributed by atoms with Crippen LogP contribution >= 0.6 is 15.9 Å². The van der Waals surface area contributed by atoms with Crippen molar-refractivity contribution >= 4 is 15.9 Å². The zero-order valence-corrected chi connectivity index (χ0v) is 9.27. The quantitative estimate of drug-likeness (QED) is 0.792. The lowest BCUT2D eigenvalue weighted by atomic mass is 10.2. The first kappa shape index (κ1) is 9.81. The van der Waals surface area contributed by atoms with Crippen LogP contribution in [0.3, 0.4) is 0 Å². The highest BCUT2D eigenvalue weighted by atomic mass is 79.9. The average Bonchev–Trinajstić information content (AvgIpc) is 2.30. The monoisotopic (exact) mass is 259 g/mol. The van der Waals surface area contributed by atoms with E-state index in [-0.39, 0.29) is 0 Å². The summed E-state index contributed by atoms with van der Waals surface area (Å²) in [6.45, 7) is 0. The second-order valence-corrected chi connectivity index (χ2v) is 3.74. The average molecular weight is 260 g/mol. The van der Waals surface area contributed by atoms with Crippen molar-refractivity contribution < 1.29 is 0 Å². The second-order valence-electron chi connectivity index (χ2n) is 2.89. The molecule has 2 rings (SSSR count). The SMILES string of the molecule is N#Cc1cnc(-c2ccccc2Br)nc1. The van der Waals surface area contributed by atoms with Crippen LogP contribution in [0.5, 0.6) is 0 Å². The molecule has 0 saturated carbocycles. The van der Waals surface area contributed by atoms with Crippen LogP contribution in [0.25, 0.3) is 11.4 Å². The highest BCUT2D eigenvalue weighted by Crippen LogP contribution is 2.24. The summed E-state index contributed by atoms with van der Waals surface area (Å²) in [5.41, 5.74) is 1.38. The molecule has 15 heavy (non-hydrogen) atoms. The van der Waals surface area contributed by atoms with E-state index in [2.05, 4.69) is 25.9 Å². The maximum absolute atomic E-state index is 8.61. The van der Waals surface area contributed by atoms with E-state index in [0.717, 1.165) is 10.0 Å². The van der Waals surface area contributed by atoms with Gasteiger partial charge in [0.2, 0.25) is 0 Å². The van der Waals surface area contributed by atoms with Crippen LogP contribution in [-0.2, 0) is 0 Å². The van der Waals surface area contributed by atoms with Gasteiger partial charge in [-0.3, -0.25) is 0 Å². The lowest BCUT2D eigenvalue weighted by Crippen LogP contribution is -1.90. The highest BCUT2D eigenvalue weighted by molar-refractivity contribution is 9.10. The van der Waals surface area contributed by atoms with Crippen LogP contribution in [0.2, 0.25) is 0 Å². The smallest absolute Gasteiger partial charge is 0.160 e. The number of aromatic nitrogens is 2. The first-order chi connectivity index (χ1) is 7.31. The molecule has 0 spiro atoms. The summed E-state index contributed by atoms with van der Waals surface area (Å²) in [4.78, 5) is 8.23. The lowest BCUT2D eigenvalue weighted by molar-refractivity contribution is 1.16. The molecule has 3 nitrogen and oxygen atoms in total. The number of rotatable bonds is 1. The van der Waals surface area contributed by atoms with Crippen LogP contribution in [0.4, 0.5) is 0 Å². The van der Waals surface area contributed by atoms with Gasteiger partial charge in [0.25, 0.3) is 0 Å². The Kier molecular flexibility index (Phi) is 2.75. The summed E-state index contributed by atoms with van der Waals surface area (Å²) in [6, 6.07) is 9.68. The van der Waals surface area contributed by atoms with E-state index >= 15 is 0 Å². The summed E-state index contributed by atoms with van der Waals surface area (Å²) in [6.07, 6.45) is 3.03. The third-order valence-electron chi connectivity index (χ3n) is 1.90. The topological polar surface area (TPSA) is 49.6 Å². The summed E-state index contributed by atoms with van der Waals surface area (Å²) in [7, 11) is 0. The third-order valence-corrected chi connectivity index (χ3v) is 2.59. The fraction of sp³-hybridized carbons (Fsp3) is 0. The third kappa shape index (κ3) is 2.03. The Morgan fingerprint density at radius 3 is 2.40 bits per heavy atom. The van der Waals surface area contributed by atoms with Gasteiger partial charge in [-0.2, -0.15) is 5.26 Å². The molecule has 1 aromatic carbocycles. The molecule has 0 N–H and O–H groups in total. The molecule has 4 heteroatoms. The van der Waals surface area contributed by atoms with E-state index in [1.54, 1.807) is 0 Å². The van der Waals surface area contributed by atoms with Crippen molar-refractivity contribution in [3.63, 3.8) is 0 Å². The van der Waals surface area contributed by atoms with Crippen molar-refractivity contribution in [2.24, 2.45) is 0 Å². The van der Waals surface area contributed by atoms with Crippen LogP contribution in [0.15, 0.2) is 41.1 Å². The Hall–Kier alpha value is -1.73. The van der Waals surface area contributed by atoms with Gasteiger partial charge >= 0.3 is 0 Å². The normalized spacial score (nSPS) is 9.60. The zero-order chi connectivity index (χ0) is 10.7. The van der Waals surface area contributed by atoms with Crippen molar-refractivity contribution in [1.82, 2.24) is 9.97 Å². The minimum Gasteiger partial charge on any atom is -0.235 e. The number of benzene rings is 1. The minimum absolute atomic E-state index is 0.464. The van der Waals surface area contributed by atoms with Crippen LogP contribution in [0, 0.1) is 11.3 Å². The summed E-state index contributed by atoms with van der Waals surface area (Å²) < 4.78 is 0.940. The minimum atomic E-state index is 0.464. The molecule has 0 aliphatic heterocycles. The van der Waals surface area contributed by atoms with Crippen LogP contribution in [-0.4, -0.2) is 9.97 Å². The molecule has 1 heterocycles. The molecule has 0 fully saturated rings. The Morgan fingerprint density at radius 1 is 1.13 bits per heavy atom. The van der Waals surface area contributed by atoms with Gasteiger partial charge in [-0.1, -0.05) is 34.1 Å². The molecule has 0 atom stereocenters. The molecule has 0 bridgehead atoms. The number of hydrogen-bond acceptors (Lipinski definition) is 3. The van der Waals surface area contributed by atoms with Gasteiger partial charge in [0.05, 0.1) is 5.56 Å². The molecule has 0 aliphatic rings.